The van der Waals surface area contributed by atoms with E-state index < -0.39 is 0 Å². The number of benzene rings is 9. The van der Waals surface area contributed by atoms with Gasteiger partial charge in [-0.3, -0.25) is 0 Å². The van der Waals surface area contributed by atoms with E-state index in [2.05, 4.69) is 217 Å². The Kier molecular flexibility index (Phi) is 10.3. The van der Waals surface area contributed by atoms with E-state index in [1.54, 1.807) is 0 Å². The van der Waals surface area contributed by atoms with E-state index in [0.29, 0.717) is 5.82 Å². The fourth-order valence-corrected chi connectivity index (χ4v) is 7.90. The summed E-state index contributed by atoms with van der Waals surface area (Å²) in [5.74, 6) is 0.711. The molecule has 0 N–H and O–H groups in total. The Morgan fingerprint density at radius 2 is 0.492 bits per heavy atom. The van der Waals surface area contributed by atoms with Crippen molar-refractivity contribution in [1.82, 2.24) is 9.97 Å². The Hall–Kier alpha value is -8.14. The molecule has 0 atom stereocenters. The molecule has 9 aromatic carbocycles. The van der Waals surface area contributed by atoms with Crippen LogP contribution in [-0.4, -0.2) is 9.97 Å². The van der Waals surface area contributed by atoms with Gasteiger partial charge in [0.15, 0.2) is 5.82 Å². The molecule has 0 amide bonds. The van der Waals surface area contributed by atoms with Gasteiger partial charge < -0.3 is 4.90 Å². The Balaban J connectivity index is 0.960. The molecule has 61 heavy (non-hydrogen) atoms. The third-order valence-electron chi connectivity index (χ3n) is 11.1. The fraction of sp³-hybridized carbons (Fsp3) is 0. The van der Waals surface area contributed by atoms with E-state index in [1.807, 2.05) is 36.4 Å². The first kappa shape index (κ1) is 37.2. The van der Waals surface area contributed by atoms with Crippen LogP contribution in [0, 0.1) is 0 Å². The zero-order valence-electron chi connectivity index (χ0n) is 33.5. The second-order valence-electron chi connectivity index (χ2n) is 15.1. The molecule has 288 valence electrons. The molecule has 1 aromatic heterocycles. The first-order valence-electron chi connectivity index (χ1n) is 20.6. The summed E-state index contributed by atoms with van der Waals surface area (Å²) in [6.45, 7) is 0. The quantitative estimate of drug-likeness (QED) is 0.138. The molecule has 0 spiro atoms. The van der Waals surface area contributed by atoms with E-state index in [9.17, 15) is 0 Å². The topological polar surface area (TPSA) is 29.0 Å². The van der Waals surface area contributed by atoms with Gasteiger partial charge in [-0.2, -0.15) is 0 Å². The normalized spacial score (nSPS) is 11.0. The minimum atomic E-state index is 0.711. The average Bonchev–Trinajstić information content (AvgIpc) is 3.36. The SMILES string of the molecule is c1ccc(-c2ccc(N(c3ccc(-c4ccc(-c5cc(-c6ccccc6)nc(-c6ccccc6)n5)cc4)cc3)c3ccc(-c4cccc(-c5ccccc5)c4)cc3)cc2)cc1. The predicted molar refractivity (Wildman–Crippen MR) is 255 cm³/mol. The summed E-state index contributed by atoms with van der Waals surface area (Å²) in [5.41, 5.74) is 17.6. The van der Waals surface area contributed by atoms with Crippen molar-refractivity contribution in [3.63, 3.8) is 0 Å². The summed E-state index contributed by atoms with van der Waals surface area (Å²) >= 11 is 0. The summed E-state index contributed by atoms with van der Waals surface area (Å²) in [5, 5.41) is 0. The molecule has 0 radical (unpaired) electrons. The number of aromatic nitrogens is 2. The lowest BCUT2D eigenvalue weighted by Gasteiger charge is -2.26. The first-order valence-corrected chi connectivity index (χ1v) is 20.6. The molecular weight excluding hydrogens is 739 g/mol. The van der Waals surface area contributed by atoms with Crippen molar-refractivity contribution < 1.29 is 0 Å². The van der Waals surface area contributed by atoms with Crippen LogP contribution in [0.5, 0.6) is 0 Å². The zero-order chi connectivity index (χ0) is 40.8. The summed E-state index contributed by atoms with van der Waals surface area (Å²) < 4.78 is 0. The Bertz CT molecular complexity index is 2950. The van der Waals surface area contributed by atoms with Gasteiger partial charge in [0.25, 0.3) is 0 Å². The molecule has 10 rings (SSSR count). The minimum absolute atomic E-state index is 0.711. The second-order valence-corrected chi connectivity index (χ2v) is 15.1. The summed E-state index contributed by atoms with van der Waals surface area (Å²) in [7, 11) is 0. The molecular formula is C58H41N3. The van der Waals surface area contributed by atoms with Gasteiger partial charge in [0.05, 0.1) is 11.4 Å². The largest absolute Gasteiger partial charge is 0.311 e. The molecule has 0 saturated heterocycles. The maximum atomic E-state index is 5.04. The zero-order valence-corrected chi connectivity index (χ0v) is 33.5. The van der Waals surface area contributed by atoms with Gasteiger partial charge in [-0.25, -0.2) is 9.97 Å². The van der Waals surface area contributed by atoms with E-state index >= 15 is 0 Å². The van der Waals surface area contributed by atoms with Crippen LogP contribution in [0.4, 0.5) is 17.1 Å². The van der Waals surface area contributed by atoms with Crippen molar-refractivity contribution in [2.45, 2.75) is 0 Å². The average molecular weight is 780 g/mol. The van der Waals surface area contributed by atoms with E-state index in [4.69, 9.17) is 9.97 Å². The van der Waals surface area contributed by atoms with Crippen molar-refractivity contribution in [3.05, 3.63) is 249 Å². The van der Waals surface area contributed by atoms with Gasteiger partial charge in [-0.1, -0.05) is 200 Å². The highest BCUT2D eigenvalue weighted by Gasteiger charge is 2.15. The third kappa shape index (κ3) is 8.14. The Morgan fingerprint density at radius 3 is 0.918 bits per heavy atom. The summed E-state index contributed by atoms with van der Waals surface area (Å²) in [6.07, 6.45) is 0. The lowest BCUT2D eigenvalue weighted by molar-refractivity contribution is 1.18. The summed E-state index contributed by atoms with van der Waals surface area (Å²) in [4.78, 5) is 12.3. The first-order chi connectivity index (χ1) is 30.2. The fourth-order valence-electron chi connectivity index (χ4n) is 7.90. The Morgan fingerprint density at radius 1 is 0.213 bits per heavy atom. The Labute approximate surface area is 357 Å². The highest BCUT2D eigenvalue weighted by atomic mass is 15.1. The molecule has 0 unspecified atom stereocenters. The molecule has 1 heterocycles. The highest BCUT2D eigenvalue weighted by Crippen LogP contribution is 2.38. The van der Waals surface area contributed by atoms with Crippen molar-refractivity contribution in [1.29, 1.82) is 0 Å². The van der Waals surface area contributed by atoms with Crippen molar-refractivity contribution in [3.8, 4) is 78.4 Å². The van der Waals surface area contributed by atoms with Gasteiger partial charge in [-0.15, -0.1) is 0 Å². The van der Waals surface area contributed by atoms with Crippen LogP contribution in [0.15, 0.2) is 249 Å². The lowest BCUT2D eigenvalue weighted by atomic mass is 9.98. The molecule has 0 bridgehead atoms. The molecule has 3 nitrogen and oxygen atoms in total. The number of anilines is 3. The van der Waals surface area contributed by atoms with Crippen LogP contribution in [0.1, 0.15) is 0 Å². The maximum absolute atomic E-state index is 5.04. The maximum Gasteiger partial charge on any atom is 0.160 e. The number of nitrogens with zero attached hydrogens (tertiary/aromatic N) is 3. The minimum Gasteiger partial charge on any atom is -0.311 e. The van der Waals surface area contributed by atoms with Crippen LogP contribution >= 0.6 is 0 Å². The molecule has 0 saturated carbocycles. The van der Waals surface area contributed by atoms with Gasteiger partial charge in [0, 0.05) is 33.8 Å². The molecule has 0 fully saturated rings. The predicted octanol–water partition coefficient (Wildman–Crippen LogP) is 15.6. The number of rotatable bonds is 10. The molecule has 10 aromatic rings. The molecule has 0 aliphatic carbocycles. The highest BCUT2D eigenvalue weighted by molar-refractivity contribution is 5.82. The number of hydrogen-bond acceptors (Lipinski definition) is 3. The molecule has 0 aliphatic heterocycles. The van der Waals surface area contributed by atoms with Crippen LogP contribution in [0.2, 0.25) is 0 Å². The molecule has 3 heteroatoms. The summed E-state index contributed by atoms with van der Waals surface area (Å²) in [6, 6.07) is 87.7. The third-order valence-corrected chi connectivity index (χ3v) is 11.1. The van der Waals surface area contributed by atoms with Crippen LogP contribution in [-0.2, 0) is 0 Å². The van der Waals surface area contributed by atoms with Gasteiger partial charge in [0.1, 0.15) is 0 Å². The smallest absolute Gasteiger partial charge is 0.160 e. The monoisotopic (exact) mass is 779 g/mol. The molecule has 0 aliphatic rings. The van der Waals surface area contributed by atoms with Crippen molar-refractivity contribution in [2.75, 3.05) is 4.90 Å². The van der Waals surface area contributed by atoms with E-state index in [1.165, 1.54) is 33.4 Å². The van der Waals surface area contributed by atoms with Gasteiger partial charge in [0.2, 0.25) is 0 Å². The van der Waals surface area contributed by atoms with Crippen molar-refractivity contribution >= 4 is 17.1 Å². The van der Waals surface area contributed by atoms with Crippen molar-refractivity contribution in [2.24, 2.45) is 0 Å². The number of hydrogen-bond donors (Lipinski definition) is 0. The van der Waals surface area contributed by atoms with Crippen LogP contribution in [0.25, 0.3) is 78.4 Å². The standard InChI is InChI=1S/C58H41N3/c1-5-14-42(15-6-1)45-28-34-53(35-29-45)61(55-38-32-47(33-39-55)52-23-13-22-51(40-52)43-16-7-2-8-17-43)54-36-30-46(31-37-54)44-24-26-49(27-25-44)57-41-56(48-18-9-3-10-19-48)59-58(60-57)50-20-11-4-12-21-50/h1-41H. The van der Waals surface area contributed by atoms with Gasteiger partial charge in [-0.05, 0) is 93.0 Å². The lowest BCUT2D eigenvalue weighted by Crippen LogP contribution is -2.09. The van der Waals surface area contributed by atoms with Crippen LogP contribution < -0.4 is 4.90 Å². The van der Waals surface area contributed by atoms with Crippen LogP contribution in [0.3, 0.4) is 0 Å². The van der Waals surface area contributed by atoms with Gasteiger partial charge >= 0.3 is 0 Å². The van der Waals surface area contributed by atoms with E-state index in [0.717, 1.165) is 56.3 Å². The van der Waals surface area contributed by atoms with E-state index in [-0.39, 0.29) is 0 Å². The second kappa shape index (κ2) is 17.0.